The van der Waals surface area contributed by atoms with Crippen LogP contribution in [0.4, 0.5) is 0 Å². The van der Waals surface area contributed by atoms with Gasteiger partial charge in [0.05, 0.1) is 0 Å². The van der Waals surface area contributed by atoms with Crippen LogP contribution in [0.3, 0.4) is 0 Å². The maximum Gasteiger partial charge on any atom is 0.0261 e. The number of rotatable bonds is 3. The zero-order chi connectivity index (χ0) is 11.5. The van der Waals surface area contributed by atoms with Crippen LogP contribution >= 0.6 is 0 Å². The van der Waals surface area contributed by atoms with Crippen LogP contribution in [0, 0.1) is 5.92 Å². The predicted octanol–water partition coefficient (Wildman–Crippen LogP) is 1.16. The quantitative estimate of drug-likeness (QED) is 0.794. The average Bonchev–Trinajstić information content (AvgIpc) is 3.01. The molecule has 0 aromatic rings. The van der Waals surface area contributed by atoms with Crippen molar-refractivity contribution >= 4 is 0 Å². The second-order valence-corrected chi connectivity index (χ2v) is 6.07. The van der Waals surface area contributed by atoms with Gasteiger partial charge in [0.25, 0.3) is 0 Å². The smallest absolute Gasteiger partial charge is 0.0261 e. The van der Waals surface area contributed by atoms with Gasteiger partial charge in [-0.2, -0.15) is 0 Å². The van der Waals surface area contributed by atoms with Crippen LogP contribution in [0.15, 0.2) is 0 Å². The normalized spacial score (nSPS) is 36.7. The molecular weight excluding hydrogens is 210 g/mol. The topological polar surface area (TPSA) is 18.5 Å². The third-order valence-electron chi connectivity index (χ3n) is 4.89. The van der Waals surface area contributed by atoms with E-state index in [1.54, 1.807) is 0 Å². The molecule has 3 heteroatoms. The maximum absolute atomic E-state index is 3.61. The molecule has 3 rings (SSSR count). The molecule has 2 unspecified atom stereocenters. The summed E-state index contributed by atoms with van der Waals surface area (Å²) >= 11 is 0. The van der Waals surface area contributed by atoms with Crippen LogP contribution in [-0.4, -0.2) is 61.7 Å². The predicted molar refractivity (Wildman–Crippen MR) is 71.2 cm³/mol. The van der Waals surface area contributed by atoms with Gasteiger partial charge in [-0.1, -0.05) is 0 Å². The van der Waals surface area contributed by atoms with Gasteiger partial charge in [0.2, 0.25) is 0 Å². The molecule has 0 aromatic heterocycles. The third kappa shape index (κ3) is 2.83. The summed E-state index contributed by atoms with van der Waals surface area (Å²) in [5.74, 6) is 0.924. The molecule has 17 heavy (non-hydrogen) atoms. The van der Waals surface area contributed by atoms with Crippen molar-refractivity contribution < 1.29 is 0 Å². The fourth-order valence-corrected chi connectivity index (χ4v) is 3.91. The highest BCUT2D eigenvalue weighted by Gasteiger charge is 2.32. The molecule has 0 saturated carbocycles. The van der Waals surface area contributed by atoms with Crippen molar-refractivity contribution in [3.63, 3.8) is 0 Å². The third-order valence-corrected chi connectivity index (χ3v) is 4.89. The Kier molecular flexibility index (Phi) is 3.99. The first kappa shape index (κ1) is 11.9. The minimum atomic E-state index is 0.826. The fourth-order valence-electron chi connectivity index (χ4n) is 3.91. The van der Waals surface area contributed by atoms with E-state index in [1.807, 2.05) is 0 Å². The van der Waals surface area contributed by atoms with E-state index in [4.69, 9.17) is 0 Å². The zero-order valence-corrected chi connectivity index (χ0v) is 11.0. The van der Waals surface area contributed by atoms with Crippen molar-refractivity contribution in [1.82, 2.24) is 15.1 Å². The number of nitrogens with zero attached hydrogens (tertiary/aromatic N) is 2. The van der Waals surface area contributed by atoms with Crippen LogP contribution in [0.25, 0.3) is 0 Å². The Hall–Kier alpha value is -0.120. The monoisotopic (exact) mass is 237 g/mol. The lowest BCUT2D eigenvalue weighted by molar-refractivity contribution is 0.111. The molecule has 0 bridgehead atoms. The maximum atomic E-state index is 3.61. The van der Waals surface area contributed by atoms with Gasteiger partial charge in [-0.05, 0) is 70.7 Å². The molecule has 3 aliphatic rings. The van der Waals surface area contributed by atoms with Crippen LogP contribution in [0.5, 0.6) is 0 Å². The molecule has 0 amide bonds. The second-order valence-electron chi connectivity index (χ2n) is 6.07. The molecule has 3 fully saturated rings. The molecule has 3 aliphatic heterocycles. The Morgan fingerprint density at radius 3 is 2.41 bits per heavy atom. The highest BCUT2D eigenvalue weighted by Crippen LogP contribution is 2.24. The second kappa shape index (κ2) is 5.68. The molecule has 3 saturated heterocycles. The van der Waals surface area contributed by atoms with Gasteiger partial charge in [-0.15, -0.1) is 0 Å². The summed E-state index contributed by atoms with van der Waals surface area (Å²) in [6.45, 7) is 9.25. The standard InChI is InChI=1S/C14H27N3/c1-2-8-16(7-1)12-13-5-6-15-11-14(13)17-9-3-4-10-17/h13-15H,1-12H2. The summed E-state index contributed by atoms with van der Waals surface area (Å²) in [4.78, 5) is 5.46. The first-order chi connectivity index (χ1) is 8.43. The lowest BCUT2D eigenvalue weighted by atomic mass is 9.91. The lowest BCUT2D eigenvalue weighted by Crippen LogP contribution is -2.53. The first-order valence-electron chi connectivity index (χ1n) is 7.60. The molecule has 3 heterocycles. The molecule has 0 aliphatic carbocycles. The molecule has 0 aromatic carbocycles. The highest BCUT2D eigenvalue weighted by molar-refractivity contribution is 4.89. The van der Waals surface area contributed by atoms with Gasteiger partial charge in [-0.3, -0.25) is 4.90 Å². The van der Waals surface area contributed by atoms with Gasteiger partial charge in [0, 0.05) is 19.1 Å². The zero-order valence-electron chi connectivity index (χ0n) is 11.0. The summed E-state index contributed by atoms with van der Waals surface area (Å²) in [6.07, 6.45) is 7.09. The SMILES string of the molecule is C1CCN(CC2CCNCC2N2CCCC2)C1. The Bertz CT molecular complexity index is 232. The van der Waals surface area contributed by atoms with Crippen LogP contribution < -0.4 is 5.32 Å². The van der Waals surface area contributed by atoms with E-state index < -0.39 is 0 Å². The summed E-state index contributed by atoms with van der Waals surface area (Å²) in [5, 5.41) is 3.61. The van der Waals surface area contributed by atoms with Gasteiger partial charge in [0.15, 0.2) is 0 Å². The van der Waals surface area contributed by atoms with Crippen molar-refractivity contribution in [2.75, 3.05) is 45.8 Å². The number of likely N-dealkylation sites (tertiary alicyclic amines) is 2. The van der Waals surface area contributed by atoms with Crippen molar-refractivity contribution in [3.8, 4) is 0 Å². The van der Waals surface area contributed by atoms with E-state index in [1.165, 1.54) is 77.9 Å². The van der Waals surface area contributed by atoms with Gasteiger partial charge in [-0.25, -0.2) is 0 Å². The van der Waals surface area contributed by atoms with Crippen LogP contribution in [-0.2, 0) is 0 Å². The number of hydrogen-bond donors (Lipinski definition) is 1. The number of hydrogen-bond acceptors (Lipinski definition) is 3. The summed E-state index contributed by atoms with van der Waals surface area (Å²) < 4.78 is 0. The van der Waals surface area contributed by atoms with Gasteiger partial charge < -0.3 is 10.2 Å². The molecule has 2 atom stereocenters. The van der Waals surface area contributed by atoms with E-state index in [-0.39, 0.29) is 0 Å². The molecule has 98 valence electrons. The lowest BCUT2D eigenvalue weighted by Gasteiger charge is -2.40. The summed E-state index contributed by atoms with van der Waals surface area (Å²) in [7, 11) is 0. The van der Waals surface area contributed by atoms with Crippen molar-refractivity contribution in [1.29, 1.82) is 0 Å². The van der Waals surface area contributed by atoms with Crippen molar-refractivity contribution in [3.05, 3.63) is 0 Å². The van der Waals surface area contributed by atoms with Crippen molar-refractivity contribution in [2.45, 2.75) is 38.1 Å². The van der Waals surface area contributed by atoms with E-state index >= 15 is 0 Å². The van der Waals surface area contributed by atoms with E-state index in [0.29, 0.717) is 0 Å². The van der Waals surface area contributed by atoms with Crippen molar-refractivity contribution in [2.24, 2.45) is 5.92 Å². The Morgan fingerprint density at radius 1 is 0.941 bits per heavy atom. The molecule has 0 spiro atoms. The minimum Gasteiger partial charge on any atom is -0.315 e. The average molecular weight is 237 g/mol. The van der Waals surface area contributed by atoms with Gasteiger partial charge in [0.1, 0.15) is 0 Å². The summed E-state index contributed by atoms with van der Waals surface area (Å²) in [5.41, 5.74) is 0. The Balaban J connectivity index is 1.58. The Labute approximate surface area is 106 Å². The Morgan fingerprint density at radius 2 is 1.65 bits per heavy atom. The number of piperidine rings is 1. The number of nitrogens with one attached hydrogen (secondary N) is 1. The van der Waals surface area contributed by atoms with Crippen LogP contribution in [0.2, 0.25) is 0 Å². The first-order valence-corrected chi connectivity index (χ1v) is 7.60. The van der Waals surface area contributed by atoms with Gasteiger partial charge >= 0.3 is 0 Å². The molecule has 0 radical (unpaired) electrons. The molecular formula is C14H27N3. The largest absolute Gasteiger partial charge is 0.315 e. The molecule has 1 N–H and O–H groups in total. The highest BCUT2D eigenvalue weighted by atomic mass is 15.2. The summed E-state index contributed by atoms with van der Waals surface area (Å²) in [6, 6.07) is 0.826. The van der Waals surface area contributed by atoms with E-state index in [0.717, 1.165) is 12.0 Å². The van der Waals surface area contributed by atoms with Crippen LogP contribution in [0.1, 0.15) is 32.1 Å². The van der Waals surface area contributed by atoms with E-state index in [2.05, 4.69) is 15.1 Å². The van der Waals surface area contributed by atoms with E-state index in [9.17, 15) is 0 Å². The fraction of sp³-hybridized carbons (Fsp3) is 1.00. The minimum absolute atomic E-state index is 0.826. The molecule has 3 nitrogen and oxygen atoms in total.